The van der Waals surface area contributed by atoms with Crippen LogP contribution >= 0.6 is 11.3 Å². The summed E-state index contributed by atoms with van der Waals surface area (Å²) in [6, 6.07) is 12.7. The number of anilines is 1. The van der Waals surface area contributed by atoms with Gasteiger partial charge in [0.1, 0.15) is 17.7 Å². The average molecular weight is 1410 g/mol. The normalized spacial score (nSPS) is 16.8. The number of urea groups is 1. The molecule has 23 nitrogen and oxygen atoms in total. The second-order valence-corrected chi connectivity index (χ2v) is 30.0. The van der Waals surface area contributed by atoms with Crippen molar-refractivity contribution in [1.82, 2.24) is 46.3 Å². The number of benzene rings is 2. The fourth-order valence-electron chi connectivity index (χ4n) is 13.8. The molecule has 0 bridgehead atoms. The highest BCUT2D eigenvalue weighted by Gasteiger charge is 2.43. The molecule has 4 unspecified atom stereocenters. The Labute approximate surface area is 599 Å². The number of likely N-dealkylation sites (tertiary alicyclic amines) is 1. The maximum absolute atomic E-state index is 15.0. The molecule has 0 aliphatic carbocycles. The number of nitrogens with two attached hydrogens (primary N) is 1. The summed E-state index contributed by atoms with van der Waals surface area (Å²) in [7, 11) is 4.76. The quantitative estimate of drug-likeness (QED) is 0.0259. The minimum atomic E-state index is -0.965. The number of ether oxygens (including phenoxy) is 2. The first-order valence-corrected chi connectivity index (χ1v) is 37.2. The first-order chi connectivity index (χ1) is 47.3. The van der Waals surface area contributed by atoms with Gasteiger partial charge in [0.05, 0.1) is 36.7 Å². The van der Waals surface area contributed by atoms with Gasteiger partial charge in [0.2, 0.25) is 35.4 Å². The molecule has 3 aromatic rings. The molecule has 4 rings (SSSR count). The van der Waals surface area contributed by atoms with Gasteiger partial charge in [0.15, 0.2) is 11.6 Å². The molecular formula is C76H121N11O12S. The van der Waals surface area contributed by atoms with Gasteiger partial charge in [0.25, 0.3) is 0 Å². The van der Waals surface area contributed by atoms with Crippen LogP contribution in [0, 0.1) is 47.3 Å². The number of hydrogen-bond acceptors (Lipinski definition) is 15. The van der Waals surface area contributed by atoms with Crippen LogP contribution in [0.25, 0.3) is 0 Å². The Morgan fingerprint density at radius 2 is 1.39 bits per heavy atom. The SMILES string of the molecule is CC[C@H](C)[C@@H]([C@@H](CC(=O)N1CCC[C@H]1C(C)[C@@H](C)C(=O)N[C@@H](Cc1ccccc1)c1nccs1)OC)N(C)C(=O)[C@@H](CC(=O)[C@H](C(C)C)N(C)C(=O)OCc1ccc(NC(=O)C(CCCNC(N)=O)CC(=O)[C@@H](NC(=O)C(CCCCCC(C)NC(C)C)NC(C)=O)C(C)C)cc1)C(C)C. The van der Waals surface area contributed by atoms with Crippen LogP contribution < -0.4 is 37.6 Å². The van der Waals surface area contributed by atoms with Crippen LogP contribution in [-0.4, -0.2) is 162 Å². The molecule has 2 aromatic carbocycles. The number of ketones is 2. The third-order valence-electron chi connectivity index (χ3n) is 19.8. The second kappa shape index (κ2) is 42.8. The highest BCUT2D eigenvalue weighted by Crippen LogP contribution is 2.34. The molecule has 100 heavy (non-hydrogen) atoms. The highest BCUT2D eigenvalue weighted by atomic mass is 32.1. The lowest BCUT2D eigenvalue weighted by Gasteiger charge is -2.41. The lowest BCUT2D eigenvalue weighted by atomic mass is 9.83. The molecule has 8 N–H and O–H groups in total. The van der Waals surface area contributed by atoms with Crippen molar-refractivity contribution >= 4 is 76.2 Å². The van der Waals surface area contributed by atoms with E-state index in [-0.39, 0.29) is 116 Å². The Morgan fingerprint density at radius 1 is 0.720 bits per heavy atom. The number of primary amides is 1. The van der Waals surface area contributed by atoms with Gasteiger partial charge >= 0.3 is 12.1 Å². The summed E-state index contributed by atoms with van der Waals surface area (Å²) in [6.07, 6.45) is 7.03. The van der Waals surface area contributed by atoms with E-state index < -0.39 is 72.0 Å². The number of thiazole rings is 1. The predicted octanol–water partition coefficient (Wildman–Crippen LogP) is 10.6. The van der Waals surface area contributed by atoms with Gasteiger partial charge in [-0.2, -0.15) is 0 Å². The molecule has 13 atom stereocenters. The van der Waals surface area contributed by atoms with Crippen LogP contribution in [0.5, 0.6) is 0 Å². The molecule has 1 saturated heterocycles. The van der Waals surface area contributed by atoms with Crippen LogP contribution in [0.3, 0.4) is 0 Å². The zero-order valence-corrected chi connectivity index (χ0v) is 63.7. The maximum atomic E-state index is 15.0. The number of carbonyl (C=O) groups is 10. The van der Waals surface area contributed by atoms with Crippen molar-refractivity contribution in [1.29, 1.82) is 0 Å². The van der Waals surface area contributed by atoms with E-state index >= 15 is 0 Å². The number of nitrogens with one attached hydrogen (secondary N) is 6. The van der Waals surface area contributed by atoms with Gasteiger partial charge in [-0.1, -0.05) is 151 Å². The van der Waals surface area contributed by atoms with E-state index in [1.165, 1.54) is 30.2 Å². The number of hydrogen-bond donors (Lipinski definition) is 7. The second-order valence-electron chi connectivity index (χ2n) is 29.1. The van der Waals surface area contributed by atoms with Crippen molar-refractivity contribution in [3.63, 3.8) is 0 Å². The Hall–Kier alpha value is -7.31. The fourth-order valence-corrected chi connectivity index (χ4v) is 14.5. The minimum Gasteiger partial charge on any atom is -0.445 e. The number of nitrogens with zero attached hydrogens (tertiary/aromatic N) is 4. The minimum absolute atomic E-state index is 0.000410. The molecular weight excluding hydrogens is 1290 g/mol. The van der Waals surface area contributed by atoms with Crippen LogP contribution in [0.1, 0.15) is 203 Å². The fraction of sp³-hybridized carbons (Fsp3) is 0.671. The molecule has 0 spiro atoms. The summed E-state index contributed by atoms with van der Waals surface area (Å²) in [5.74, 6) is -5.90. The number of amides is 9. The van der Waals surface area contributed by atoms with Crippen molar-refractivity contribution < 1.29 is 57.4 Å². The van der Waals surface area contributed by atoms with Crippen molar-refractivity contribution in [3.05, 3.63) is 82.3 Å². The summed E-state index contributed by atoms with van der Waals surface area (Å²) >= 11 is 1.50. The van der Waals surface area contributed by atoms with E-state index in [4.69, 9.17) is 15.2 Å². The van der Waals surface area contributed by atoms with E-state index in [1.54, 1.807) is 63.4 Å². The Kier molecular flexibility index (Phi) is 36.5. The largest absolute Gasteiger partial charge is 0.445 e. The van der Waals surface area contributed by atoms with Gasteiger partial charge in [-0.15, -0.1) is 11.3 Å². The monoisotopic (exact) mass is 1410 g/mol. The lowest BCUT2D eigenvalue weighted by molar-refractivity contribution is -0.148. The van der Waals surface area contributed by atoms with Crippen molar-refractivity contribution in [3.8, 4) is 0 Å². The Bertz CT molecular complexity index is 3060. The number of methoxy groups -OCH3 is 1. The van der Waals surface area contributed by atoms with Crippen molar-refractivity contribution in [2.24, 2.45) is 53.1 Å². The number of unbranched alkanes of at least 4 members (excludes halogenated alkanes) is 2. The molecule has 1 aliphatic heterocycles. The third kappa shape index (κ3) is 27.2. The standard InChI is InChI=1S/C76H121N11O12S/c1-18-50(10)69(65(98-17)44-66(91)87-39-26-32-62(87)52(12)53(13)70(92)83-61(73-78-38-40-100-73)41-55-28-22-20-23-29-55)85(15)74(95)59(46(2)3)43-64(90)68(48(6)7)86(16)76(97)99-45-56-33-35-58(36-34-56)82-71(93)57(30-25-37-79-75(77)96)42-63(89)67(47(4)5)84-72(94)60(81-54(14)88)31-24-19-21-27-51(11)80-49(8)9/h20,22-23,28-29,33-36,38,40,46-53,57,59-62,65,67-69,80H,18-19,21,24-27,30-32,37,39,41-45H2,1-17H3,(H,81,88)(H,82,93)(H,83,92)(H,84,94)(H3,77,79,96)/t50-,51?,52?,53+,57?,59-,60?,61-,62-,65+,67-,68-,69-/m0/s1. The molecule has 24 heteroatoms. The van der Waals surface area contributed by atoms with Gasteiger partial charge in [-0.25, -0.2) is 14.6 Å². The number of aromatic nitrogens is 1. The zero-order chi connectivity index (χ0) is 74.5. The van der Waals surface area contributed by atoms with Gasteiger partial charge in [-0.3, -0.25) is 38.4 Å². The summed E-state index contributed by atoms with van der Waals surface area (Å²) in [6.45, 7) is 27.2. The van der Waals surface area contributed by atoms with Crippen molar-refractivity contribution in [2.75, 3.05) is 39.6 Å². The zero-order valence-electron chi connectivity index (χ0n) is 62.9. The van der Waals surface area contributed by atoms with E-state index in [1.807, 2.05) is 96.0 Å². The average Bonchev–Trinajstić information content (AvgIpc) is 1.43. The first-order valence-electron chi connectivity index (χ1n) is 36.3. The molecule has 1 aromatic heterocycles. The van der Waals surface area contributed by atoms with E-state index in [9.17, 15) is 47.9 Å². The molecule has 1 aliphatic rings. The molecule has 9 amide bonds. The van der Waals surface area contributed by atoms with E-state index in [0.29, 0.717) is 62.0 Å². The Morgan fingerprint density at radius 3 is 1.97 bits per heavy atom. The summed E-state index contributed by atoms with van der Waals surface area (Å²) in [5.41, 5.74) is 7.35. The van der Waals surface area contributed by atoms with E-state index in [0.717, 1.165) is 42.7 Å². The first kappa shape index (κ1) is 85.1. The van der Waals surface area contributed by atoms with E-state index in [2.05, 4.69) is 57.7 Å². The van der Waals surface area contributed by atoms with Crippen LogP contribution in [0.15, 0.2) is 66.2 Å². The summed E-state index contributed by atoms with van der Waals surface area (Å²) in [4.78, 5) is 147. The molecule has 2 heterocycles. The summed E-state index contributed by atoms with van der Waals surface area (Å²) in [5, 5.41) is 20.5. The number of carbonyl (C=O) groups excluding carboxylic acids is 10. The number of rotatable bonds is 44. The summed E-state index contributed by atoms with van der Waals surface area (Å²) < 4.78 is 11.9. The van der Waals surface area contributed by atoms with Gasteiger partial charge in [0, 0.05) is 107 Å². The number of likely N-dealkylation sites (N-methyl/N-ethyl adjacent to an activating group) is 2. The third-order valence-corrected chi connectivity index (χ3v) is 20.6. The lowest BCUT2D eigenvalue weighted by Crippen LogP contribution is -2.54. The smallest absolute Gasteiger partial charge is 0.410 e. The Balaban J connectivity index is 1.40. The van der Waals surface area contributed by atoms with Crippen LogP contribution in [-0.2, 0) is 60.9 Å². The highest BCUT2D eigenvalue weighted by molar-refractivity contribution is 7.09. The van der Waals surface area contributed by atoms with Gasteiger partial charge < -0.3 is 61.8 Å². The molecule has 0 radical (unpaired) electrons. The molecule has 558 valence electrons. The van der Waals surface area contributed by atoms with Gasteiger partial charge in [-0.05, 0) is 105 Å². The predicted molar refractivity (Wildman–Crippen MR) is 392 cm³/mol. The number of Topliss-reactive ketones (excluding diaryl/α,β-unsaturated/α-hetero) is 2. The molecule has 0 saturated carbocycles. The van der Waals surface area contributed by atoms with Crippen LogP contribution in [0.2, 0.25) is 0 Å². The van der Waals surface area contributed by atoms with Crippen molar-refractivity contribution in [2.45, 2.75) is 248 Å². The molecule has 1 fully saturated rings. The topological polar surface area (TPSA) is 310 Å². The maximum Gasteiger partial charge on any atom is 0.410 e. The van der Waals surface area contributed by atoms with Crippen LogP contribution in [0.4, 0.5) is 15.3 Å².